The van der Waals surface area contributed by atoms with E-state index in [0.29, 0.717) is 5.69 Å². The van der Waals surface area contributed by atoms with Crippen molar-refractivity contribution in [3.8, 4) is 0 Å². The van der Waals surface area contributed by atoms with Gasteiger partial charge in [0.25, 0.3) is 10.0 Å². The van der Waals surface area contributed by atoms with E-state index >= 15 is 0 Å². The van der Waals surface area contributed by atoms with Gasteiger partial charge in [0.1, 0.15) is 0 Å². The summed E-state index contributed by atoms with van der Waals surface area (Å²) in [4.78, 5) is 0.212. The Balaban J connectivity index is 2.27. The Morgan fingerprint density at radius 3 is 2.35 bits per heavy atom. The van der Waals surface area contributed by atoms with Crippen LogP contribution >= 0.6 is 15.9 Å². The van der Waals surface area contributed by atoms with Gasteiger partial charge in [-0.3, -0.25) is 4.72 Å². The van der Waals surface area contributed by atoms with Crippen molar-refractivity contribution in [3.05, 3.63) is 58.1 Å². The largest absolute Gasteiger partial charge is 0.392 e. The molecule has 0 aliphatic carbocycles. The summed E-state index contributed by atoms with van der Waals surface area (Å²) in [5, 5.41) is 8.95. The fourth-order valence-corrected chi connectivity index (χ4v) is 3.07. The zero-order valence-electron chi connectivity index (χ0n) is 10.8. The van der Waals surface area contributed by atoms with E-state index in [9.17, 15) is 8.42 Å². The van der Waals surface area contributed by atoms with Crippen LogP contribution < -0.4 is 4.72 Å². The van der Waals surface area contributed by atoms with E-state index < -0.39 is 10.0 Å². The fourth-order valence-electron chi connectivity index (χ4n) is 1.68. The number of anilines is 1. The first-order chi connectivity index (χ1) is 9.42. The fraction of sp³-hybridized carbons (Fsp3) is 0.143. The van der Waals surface area contributed by atoms with Gasteiger partial charge in [0.15, 0.2) is 0 Å². The van der Waals surface area contributed by atoms with Gasteiger partial charge in [-0.15, -0.1) is 0 Å². The molecule has 0 bridgehead atoms. The molecule has 0 aliphatic rings. The molecule has 6 heteroatoms. The number of rotatable bonds is 4. The molecule has 20 heavy (non-hydrogen) atoms. The predicted octanol–water partition coefficient (Wildman–Crippen LogP) is 3.05. The number of hydrogen-bond donors (Lipinski definition) is 2. The SMILES string of the molecule is Cc1cc(S(=O)(=O)Nc2ccc(CO)cc2)ccc1Br. The minimum atomic E-state index is -3.61. The third-order valence-electron chi connectivity index (χ3n) is 2.83. The molecular weight excluding hydrogens is 342 g/mol. The zero-order chi connectivity index (χ0) is 14.8. The van der Waals surface area contributed by atoms with Crippen LogP contribution in [0.3, 0.4) is 0 Å². The Hall–Kier alpha value is -1.37. The second-order valence-corrected chi connectivity index (χ2v) is 6.91. The molecule has 2 N–H and O–H groups in total. The van der Waals surface area contributed by atoms with Gasteiger partial charge in [-0.05, 0) is 48.4 Å². The van der Waals surface area contributed by atoms with E-state index in [1.165, 1.54) is 0 Å². The molecule has 2 aromatic rings. The van der Waals surface area contributed by atoms with E-state index in [1.807, 2.05) is 6.92 Å². The second kappa shape index (κ2) is 5.95. The van der Waals surface area contributed by atoms with E-state index in [4.69, 9.17) is 5.11 Å². The van der Waals surface area contributed by atoms with Crippen LogP contribution in [0.25, 0.3) is 0 Å². The average molecular weight is 356 g/mol. The number of aliphatic hydroxyl groups excluding tert-OH is 1. The lowest BCUT2D eigenvalue weighted by Gasteiger charge is -2.09. The molecule has 0 fully saturated rings. The van der Waals surface area contributed by atoms with Crippen molar-refractivity contribution in [3.63, 3.8) is 0 Å². The van der Waals surface area contributed by atoms with Gasteiger partial charge in [-0.1, -0.05) is 28.1 Å². The number of aryl methyl sites for hydroxylation is 1. The van der Waals surface area contributed by atoms with E-state index in [2.05, 4.69) is 20.7 Å². The minimum Gasteiger partial charge on any atom is -0.392 e. The highest BCUT2D eigenvalue weighted by atomic mass is 79.9. The Kier molecular flexibility index (Phi) is 4.47. The molecule has 0 saturated carbocycles. The summed E-state index contributed by atoms with van der Waals surface area (Å²) in [6.07, 6.45) is 0. The third-order valence-corrected chi connectivity index (χ3v) is 5.10. The van der Waals surface area contributed by atoms with Crippen LogP contribution in [-0.4, -0.2) is 13.5 Å². The minimum absolute atomic E-state index is 0.0705. The summed E-state index contributed by atoms with van der Waals surface area (Å²) in [5.74, 6) is 0. The first kappa shape index (κ1) is 15.0. The Morgan fingerprint density at radius 1 is 1.15 bits per heavy atom. The maximum atomic E-state index is 12.2. The van der Waals surface area contributed by atoms with Crippen LogP contribution in [0.5, 0.6) is 0 Å². The van der Waals surface area contributed by atoms with Crippen molar-refractivity contribution in [2.24, 2.45) is 0 Å². The molecule has 0 radical (unpaired) electrons. The Labute approximate surface area is 126 Å². The first-order valence-electron chi connectivity index (χ1n) is 5.91. The topological polar surface area (TPSA) is 66.4 Å². The Bertz CT molecular complexity index is 712. The summed E-state index contributed by atoms with van der Waals surface area (Å²) >= 11 is 3.34. The van der Waals surface area contributed by atoms with Crippen LogP contribution in [0.4, 0.5) is 5.69 Å². The Morgan fingerprint density at radius 2 is 1.80 bits per heavy atom. The zero-order valence-corrected chi connectivity index (χ0v) is 13.2. The average Bonchev–Trinajstić information content (AvgIpc) is 2.42. The normalized spacial score (nSPS) is 11.3. The van der Waals surface area contributed by atoms with Crippen LogP contribution in [0.1, 0.15) is 11.1 Å². The molecule has 0 aromatic heterocycles. The van der Waals surface area contributed by atoms with Crippen LogP contribution in [0.15, 0.2) is 51.8 Å². The molecule has 106 valence electrons. The number of sulfonamides is 1. The van der Waals surface area contributed by atoms with Gasteiger partial charge in [-0.25, -0.2) is 8.42 Å². The lowest BCUT2D eigenvalue weighted by atomic mass is 10.2. The van der Waals surface area contributed by atoms with Gasteiger partial charge in [0, 0.05) is 10.2 Å². The third kappa shape index (κ3) is 3.39. The van der Waals surface area contributed by atoms with E-state index in [-0.39, 0.29) is 11.5 Å². The van der Waals surface area contributed by atoms with Gasteiger partial charge in [0.2, 0.25) is 0 Å². The number of aliphatic hydroxyl groups is 1. The molecule has 0 saturated heterocycles. The van der Waals surface area contributed by atoms with Crippen molar-refractivity contribution < 1.29 is 13.5 Å². The van der Waals surface area contributed by atoms with Gasteiger partial charge in [-0.2, -0.15) is 0 Å². The van der Waals surface area contributed by atoms with E-state index in [1.54, 1.807) is 42.5 Å². The quantitative estimate of drug-likeness (QED) is 0.885. The van der Waals surface area contributed by atoms with Crippen LogP contribution in [0, 0.1) is 6.92 Å². The highest BCUT2D eigenvalue weighted by Crippen LogP contribution is 2.22. The molecule has 4 nitrogen and oxygen atoms in total. The van der Waals surface area contributed by atoms with Crippen molar-refractivity contribution in [1.29, 1.82) is 0 Å². The standard InChI is InChI=1S/C14H14BrNO3S/c1-10-8-13(6-7-14(10)15)20(18,19)16-12-4-2-11(9-17)3-5-12/h2-8,16-17H,9H2,1H3. The number of nitrogens with one attached hydrogen (secondary N) is 1. The van der Waals surface area contributed by atoms with Gasteiger partial charge < -0.3 is 5.11 Å². The van der Waals surface area contributed by atoms with Crippen LogP contribution in [0.2, 0.25) is 0 Å². The smallest absolute Gasteiger partial charge is 0.261 e. The highest BCUT2D eigenvalue weighted by Gasteiger charge is 2.14. The van der Waals surface area contributed by atoms with Crippen LogP contribution in [-0.2, 0) is 16.6 Å². The van der Waals surface area contributed by atoms with Crippen molar-refractivity contribution in [2.75, 3.05) is 4.72 Å². The molecular formula is C14H14BrNO3S. The maximum absolute atomic E-state index is 12.2. The molecule has 2 aromatic carbocycles. The molecule has 0 heterocycles. The van der Waals surface area contributed by atoms with E-state index in [0.717, 1.165) is 15.6 Å². The van der Waals surface area contributed by atoms with Crippen molar-refractivity contribution in [1.82, 2.24) is 0 Å². The van der Waals surface area contributed by atoms with Crippen molar-refractivity contribution in [2.45, 2.75) is 18.4 Å². The molecule has 0 atom stereocenters. The number of halogens is 1. The van der Waals surface area contributed by atoms with Gasteiger partial charge in [0.05, 0.1) is 11.5 Å². The summed E-state index contributed by atoms with van der Waals surface area (Å²) in [6, 6.07) is 11.4. The molecule has 2 rings (SSSR count). The second-order valence-electron chi connectivity index (χ2n) is 4.37. The molecule has 0 spiro atoms. The monoisotopic (exact) mass is 355 g/mol. The number of hydrogen-bond acceptors (Lipinski definition) is 3. The molecule has 0 amide bonds. The predicted molar refractivity (Wildman–Crippen MR) is 82.1 cm³/mol. The molecule has 0 aliphatic heterocycles. The summed E-state index contributed by atoms with van der Waals surface area (Å²) in [7, 11) is -3.61. The van der Waals surface area contributed by atoms with Crippen molar-refractivity contribution >= 4 is 31.6 Å². The lowest BCUT2D eigenvalue weighted by molar-refractivity contribution is 0.282. The summed E-state index contributed by atoms with van der Waals surface area (Å²) < 4.78 is 27.9. The highest BCUT2D eigenvalue weighted by molar-refractivity contribution is 9.10. The lowest BCUT2D eigenvalue weighted by Crippen LogP contribution is -2.13. The first-order valence-corrected chi connectivity index (χ1v) is 8.19. The summed E-state index contributed by atoms with van der Waals surface area (Å²) in [6.45, 7) is 1.76. The molecule has 0 unspecified atom stereocenters. The maximum Gasteiger partial charge on any atom is 0.261 e. The summed E-state index contributed by atoms with van der Waals surface area (Å²) in [5.41, 5.74) is 2.04. The van der Waals surface area contributed by atoms with Gasteiger partial charge >= 0.3 is 0 Å². The number of benzene rings is 2.